The van der Waals surface area contributed by atoms with Gasteiger partial charge in [-0.1, -0.05) is 123 Å². The minimum Gasteiger partial charge on any atom is -0.423 e. The van der Waals surface area contributed by atoms with Crippen molar-refractivity contribution in [3.8, 4) is 0 Å². The first-order valence-electron chi connectivity index (χ1n) is 11.5. The molecule has 2 N–H and O–H groups in total. The van der Waals surface area contributed by atoms with E-state index >= 15 is 0 Å². The van der Waals surface area contributed by atoms with Crippen molar-refractivity contribution in [1.29, 1.82) is 0 Å². The minimum absolute atomic E-state index is 0.00486. The van der Waals surface area contributed by atoms with Gasteiger partial charge in [-0.2, -0.15) is 0 Å². The van der Waals surface area contributed by atoms with Gasteiger partial charge >= 0.3 is 7.12 Å². The lowest BCUT2D eigenvalue weighted by atomic mass is 9.72. The normalized spacial score (nSPS) is 12.8. The van der Waals surface area contributed by atoms with Crippen LogP contribution in [-0.2, 0) is 21.7 Å². The molecule has 178 valence electrons. The predicted octanol–water partition coefficient (Wildman–Crippen LogP) is 7.01. The zero-order valence-corrected chi connectivity index (χ0v) is 23.9. The van der Waals surface area contributed by atoms with Crippen LogP contribution in [0.4, 0.5) is 0 Å². The van der Waals surface area contributed by atoms with Crippen molar-refractivity contribution in [2.45, 2.75) is 105 Å². The van der Waals surface area contributed by atoms with Crippen molar-refractivity contribution >= 4 is 28.5 Å². The maximum Gasteiger partial charge on any atom is 0.488 e. The summed E-state index contributed by atoms with van der Waals surface area (Å²) < 4.78 is 1.18. The highest BCUT2D eigenvalue weighted by Crippen LogP contribution is 2.32. The number of benzene rings is 2. The molecule has 0 saturated heterocycles. The summed E-state index contributed by atoms with van der Waals surface area (Å²) in [6.45, 7) is 26.3. The first kappa shape index (κ1) is 28.9. The highest BCUT2D eigenvalue weighted by molar-refractivity contribution is 9.10. The van der Waals surface area contributed by atoms with Crippen molar-refractivity contribution in [1.82, 2.24) is 0 Å². The van der Waals surface area contributed by atoms with Crippen molar-refractivity contribution in [3.63, 3.8) is 0 Å². The second-order valence-electron chi connectivity index (χ2n) is 12.9. The van der Waals surface area contributed by atoms with Gasteiger partial charge in [0, 0.05) is 4.47 Å². The Bertz CT molecular complexity index is 840. The predicted molar refractivity (Wildman–Crippen MR) is 145 cm³/mol. The van der Waals surface area contributed by atoms with E-state index in [1.54, 1.807) is 0 Å². The zero-order valence-electron chi connectivity index (χ0n) is 22.3. The fraction of sp³-hybridized carbons (Fsp3) is 0.571. The standard InChI is InChI=1S/C14H23BO2.C14H21Br/c1-13(2,3)10-7-11(14(4,5)6)9-12(8-10)15(16)17;1-13(2,3)10-7-11(14(4,5)6)9-12(15)8-10/h7-9,16-17H,1-6H3;7-9H,1-6H3. The summed E-state index contributed by atoms with van der Waals surface area (Å²) in [4.78, 5) is 0. The van der Waals surface area contributed by atoms with E-state index in [-0.39, 0.29) is 21.7 Å². The third-order valence-corrected chi connectivity index (χ3v) is 6.07. The molecular formula is C28H44BBrO2. The Labute approximate surface area is 206 Å². The summed E-state index contributed by atoms with van der Waals surface area (Å²) >= 11 is 3.60. The zero-order chi connectivity index (χ0) is 25.3. The van der Waals surface area contributed by atoms with Crippen LogP contribution < -0.4 is 5.46 Å². The fourth-order valence-corrected chi connectivity index (χ4v) is 3.62. The van der Waals surface area contributed by atoms with Crippen LogP contribution in [0.2, 0.25) is 0 Å². The lowest BCUT2D eigenvalue weighted by Gasteiger charge is -2.26. The van der Waals surface area contributed by atoms with E-state index in [2.05, 4.69) is 123 Å². The van der Waals surface area contributed by atoms with E-state index < -0.39 is 7.12 Å². The molecule has 0 heterocycles. The second-order valence-corrected chi connectivity index (χ2v) is 13.9. The summed E-state index contributed by atoms with van der Waals surface area (Å²) in [5.41, 5.74) is 6.05. The van der Waals surface area contributed by atoms with Gasteiger partial charge in [-0.3, -0.25) is 0 Å². The van der Waals surface area contributed by atoms with Gasteiger partial charge in [0.2, 0.25) is 0 Å². The smallest absolute Gasteiger partial charge is 0.423 e. The van der Waals surface area contributed by atoms with Gasteiger partial charge < -0.3 is 10.0 Å². The molecule has 4 heteroatoms. The van der Waals surface area contributed by atoms with Crippen LogP contribution in [0.1, 0.15) is 105 Å². The van der Waals surface area contributed by atoms with Crippen LogP contribution in [0, 0.1) is 0 Å². The van der Waals surface area contributed by atoms with Crippen LogP contribution in [0.25, 0.3) is 0 Å². The molecule has 0 saturated carbocycles. The lowest BCUT2D eigenvalue weighted by molar-refractivity contribution is 0.425. The molecule has 2 rings (SSSR count). The summed E-state index contributed by atoms with van der Waals surface area (Å²) in [5.74, 6) is 0. The highest BCUT2D eigenvalue weighted by atomic mass is 79.9. The van der Waals surface area contributed by atoms with Gasteiger partial charge in [0.05, 0.1) is 0 Å². The van der Waals surface area contributed by atoms with Gasteiger partial charge in [-0.15, -0.1) is 0 Å². The maximum atomic E-state index is 9.36. The molecule has 2 aromatic carbocycles. The Kier molecular flexibility index (Phi) is 9.07. The third-order valence-electron chi connectivity index (χ3n) is 5.62. The molecule has 0 atom stereocenters. The van der Waals surface area contributed by atoms with E-state index in [4.69, 9.17) is 0 Å². The molecule has 0 aromatic heterocycles. The number of rotatable bonds is 1. The number of hydrogen-bond donors (Lipinski definition) is 2. The molecular weight excluding hydrogens is 459 g/mol. The van der Waals surface area contributed by atoms with Crippen LogP contribution in [0.3, 0.4) is 0 Å². The molecule has 0 unspecified atom stereocenters. The van der Waals surface area contributed by atoms with E-state index in [1.807, 2.05) is 12.1 Å². The topological polar surface area (TPSA) is 40.5 Å². The Morgan fingerprint density at radius 1 is 0.500 bits per heavy atom. The van der Waals surface area contributed by atoms with E-state index in [1.165, 1.54) is 15.6 Å². The summed E-state index contributed by atoms with van der Waals surface area (Å²) in [6.07, 6.45) is 0. The van der Waals surface area contributed by atoms with Crippen molar-refractivity contribution in [2.24, 2.45) is 0 Å². The van der Waals surface area contributed by atoms with Gasteiger partial charge in [0.15, 0.2) is 0 Å². The molecule has 0 bridgehead atoms. The molecule has 32 heavy (non-hydrogen) atoms. The van der Waals surface area contributed by atoms with Gasteiger partial charge in [0.25, 0.3) is 0 Å². The molecule has 0 aliphatic rings. The largest absolute Gasteiger partial charge is 0.488 e. The lowest BCUT2D eigenvalue weighted by Crippen LogP contribution is -2.33. The number of hydrogen-bond acceptors (Lipinski definition) is 2. The Morgan fingerprint density at radius 2 is 0.750 bits per heavy atom. The maximum absolute atomic E-state index is 9.36. The summed E-state index contributed by atoms with van der Waals surface area (Å²) in [7, 11) is -1.40. The molecule has 0 aliphatic heterocycles. The molecule has 0 aliphatic carbocycles. The van der Waals surface area contributed by atoms with E-state index in [0.29, 0.717) is 5.46 Å². The van der Waals surface area contributed by atoms with Crippen molar-refractivity contribution in [2.75, 3.05) is 0 Å². The quantitative estimate of drug-likeness (QED) is 0.412. The van der Waals surface area contributed by atoms with Gasteiger partial charge in [-0.05, 0) is 61.5 Å². The van der Waals surface area contributed by atoms with Crippen molar-refractivity contribution < 1.29 is 10.0 Å². The number of halogens is 1. The van der Waals surface area contributed by atoms with Crippen LogP contribution in [0.15, 0.2) is 40.9 Å². The average molecular weight is 503 g/mol. The molecule has 2 aromatic rings. The van der Waals surface area contributed by atoms with Crippen LogP contribution in [-0.4, -0.2) is 17.2 Å². The molecule has 0 fully saturated rings. The molecule has 0 amide bonds. The van der Waals surface area contributed by atoms with Gasteiger partial charge in [0.1, 0.15) is 0 Å². The Hall–Kier alpha value is -1.10. The third kappa shape index (κ3) is 8.69. The summed E-state index contributed by atoms with van der Waals surface area (Å²) in [6, 6.07) is 12.7. The van der Waals surface area contributed by atoms with Crippen molar-refractivity contribution in [3.05, 3.63) is 63.1 Å². The second kappa shape index (κ2) is 10.0. The first-order valence-corrected chi connectivity index (χ1v) is 12.3. The SMILES string of the molecule is CC(C)(C)c1cc(B(O)O)cc(C(C)(C)C)c1.CC(C)(C)c1cc(Br)cc(C(C)(C)C)c1. The molecule has 0 spiro atoms. The Balaban J connectivity index is 0.000000323. The van der Waals surface area contributed by atoms with Crippen LogP contribution >= 0.6 is 15.9 Å². The minimum atomic E-state index is -1.40. The first-order chi connectivity index (χ1) is 14.1. The Morgan fingerprint density at radius 3 is 0.969 bits per heavy atom. The fourth-order valence-electron chi connectivity index (χ4n) is 3.12. The molecule has 2 nitrogen and oxygen atoms in total. The van der Waals surface area contributed by atoms with E-state index in [0.717, 1.165) is 11.1 Å². The highest BCUT2D eigenvalue weighted by Gasteiger charge is 2.23. The van der Waals surface area contributed by atoms with Crippen LogP contribution in [0.5, 0.6) is 0 Å². The average Bonchev–Trinajstić information content (AvgIpc) is 2.58. The van der Waals surface area contributed by atoms with Gasteiger partial charge in [-0.25, -0.2) is 0 Å². The molecule has 0 radical (unpaired) electrons. The van der Waals surface area contributed by atoms with E-state index in [9.17, 15) is 10.0 Å². The summed E-state index contributed by atoms with van der Waals surface area (Å²) in [5, 5.41) is 18.7. The monoisotopic (exact) mass is 502 g/mol.